The first kappa shape index (κ1) is 17.5. The highest BCUT2D eigenvalue weighted by Crippen LogP contribution is 2.15. The molecule has 0 aliphatic rings. The molecule has 1 rings (SSSR count). The Kier molecular flexibility index (Phi) is 8.47. The van der Waals surface area contributed by atoms with Gasteiger partial charge in [-0.1, -0.05) is 12.1 Å². The normalized spacial score (nSPS) is 12.0. The van der Waals surface area contributed by atoms with Crippen molar-refractivity contribution in [2.75, 3.05) is 32.6 Å². The molecule has 0 aromatic heterocycles. The van der Waals surface area contributed by atoms with Crippen molar-refractivity contribution in [1.82, 2.24) is 10.6 Å². The number of carbonyl (C=O) groups is 1. The molecule has 0 aliphatic carbocycles. The predicted molar refractivity (Wildman–Crippen MR) is 86.7 cm³/mol. The van der Waals surface area contributed by atoms with Gasteiger partial charge in [-0.15, -0.1) is 0 Å². The van der Waals surface area contributed by atoms with Gasteiger partial charge in [0.2, 0.25) is 0 Å². The summed E-state index contributed by atoms with van der Waals surface area (Å²) in [7, 11) is 3.63. The minimum atomic E-state index is -0.156. The van der Waals surface area contributed by atoms with Crippen LogP contribution in [0.5, 0.6) is 0 Å². The van der Waals surface area contributed by atoms with Crippen LogP contribution in [0, 0.1) is 0 Å². The second-order valence-electron chi connectivity index (χ2n) is 5.07. The summed E-state index contributed by atoms with van der Waals surface area (Å²) in [5, 5.41) is 8.87. The summed E-state index contributed by atoms with van der Waals surface area (Å²) in [5.41, 5.74) is 2.00. The van der Waals surface area contributed by atoms with Crippen LogP contribution in [-0.4, -0.2) is 33.3 Å². The zero-order valence-electron chi connectivity index (χ0n) is 13.2. The first-order chi connectivity index (χ1) is 10.2. The molecule has 0 fully saturated rings. The van der Waals surface area contributed by atoms with Crippen LogP contribution in [-0.2, 0) is 4.74 Å². The van der Waals surface area contributed by atoms with Gasteiger partial charge in [-0.25, -0.2) is 4.79 Å². The third-order valence-electron chi connectivity index (χ3n) is 3.41. The van der Waals surface area contributed by atoms with Gasteiger partial charge in [0.1, 0.15) is 0 Å². The molecule has 0 saturated heterocycles. The van der Waals surface area contributed by atoms with Crippen LogP contribution in [0.1, 0.15) is 37.8 Å². The topological polar surface area (TPSA) is 62.4 Å². The van der Waals surface area contributed by atoms with E-state index < -0.39 is 0 Å². The molecule has 1 unspecified atom stereocenters. The van der Waals surface area contributed by atoms with Gasteiger partial charge in [-0.2, -0.15) is 0 Å². The smallest absolute Gasteiger partial charge is 0.319 e. The van der Waals surface area contributed by atoms with Crippen LogP contribution in [0.3, 0.4) is 0 Å². The molecule has 0 radical (unpaired) electrons. The van der Waals surface area contributed by atoms with E-state index in [1.807, 2.05) is 31.3 Å². The molecule has 118 valence electrons. The van der Waals surface area contributed by atoms with E-state index in [0.29, 0.717) is 12.6 Å². The molecule has 0 saturated carbocycles. The Labute approximate surface area is 127 Å². The lowest BCUT2D eigenvalue weighted by Gasteiger charge is -2.12. The quantitative estimate of drug-likeness (QED) is 0.613. The first-order valence-corrected chi connectivity index (χ1v) is 7.48. The van der Waals surface area contributed by atoms with E-state index in [-0.39, 0.29) is 6.03 Å². The van der Waals surface area contributed by atoms with Crippen LogP contribution in [0.25, 0.3) is 0 Å². The van der Waals surface area contributed by atoms with Crippen molar-refractivity contribution in [2.45, 2.75) is 32.2 Å². The average Bonchev–Trinajstić information content (AvgIpc) is 2.50. The average molecular weight is 293 g/mol. The Balaban J connectivity index is 2.25. The Hall–Kier alpha value is -1.59. The number of nitrogens with one attached hydrogen (secondary N) is 3. The van der Waals surface area contributed by atoms with Crippen molar-refractivity contribution >= 4 is 11.7 Å². The molecule has 5 heteroatoms. The summed E-state index contributed by atoms with van der Waals surface area (Å²) in [6.07, 6.45) is 3.06. The standard InChI is InChI=1S/C16H27N3O2/c1-13(17-2)14-7-9-15(10-8-14)19-16(20)18-11-5-4-6-12-21-3/h7-10,13,17H,4-6,11-12H2,1-3H3,(H2,18,19,20). The highest BCUT2D eigenvalue weighted by atomic mass is 16.5. The second kappa shape index (κ2) is 10.2. The van der Waals surface area contributed by atoms with Crippen molar-refractivity contribution in [3.05, 3.63) is 29.8 Å². The van der Waals surface area contributed by atoms with E-state index in [2.05, 4.69) is 22.9 Å². The second-order valence-corrected chi connectivity index (χ2v) is 5.07. The van der Waals surface area contributed by atoms with Crippen molar-refractivity contribution in [3.8, 4) is 0 Å². The number of unbranched alkanes of at least 4 members (excludes halogenated alkanes) is 2. The lowest BCUT2D eigenvalue weighted by Crippen LogP contribution is -2.29. The molecule has 5 nitrogen and oxygen atoms in total. The molecule has 2 amide bonds. The van der Waals surface area contributed by atoms with E-state index in [1.165, 1.54) is 5.56 Å². The molecule has 21 heavy (non-hydrogen) atoms. The van der Waals surface area contributed by atoms with Gasteiger partial charge in [-0.05, 0) is 50.9 Å². The summed E-state index contributed by atoms with van der Waals surface area (Å²) in [6.45, 7) is 3.56. The number of ether oxygens (including phenoxy) is 1. The van der Waals surface area contributed by atoms with Gasteiger partial charge >= 0.3 is 6.03 Å². The molecule has 1 aromatic rings. The number of carbonyl (C=O) groups excluding carboxylic acids is 1. The van der Waals surface area contributed by atoms with E-state index in [9.17, 15) is 4.79 Å². The molecular weight excluding hydrogens is 266 g/mol. The minimum Gasteiger partial charge on any atom is -0.385 e. The van der Waals surface area contributed by atoms with Crippen molar-refractivity contribution < 1.29 is 9.53 Å². The molecule has 0 spiro atoms. The molecule has 3 N–H and O–H groups in total. The Morgan fingerprint density at radius 3 is 2.52 bits per heavy atom. The Bertz CT molecular complexity index is 406. The number of hydrogen-bond acceptors (Lipinski definition) is 3. The van der Waals surface area contributed by atoms with E-state index in [4.69, 9.17) is 4.74 Å². The van der Waals surface area contributed by atoms with E-state index >= 15 is 0 Å². The van der Waals surface area contributed by atoms with Crippen LogP contribution in [0.15, 0.2) is 24.3 Å². The van der Waals surface area contributed by atoms with Crippen LogP contribution < -0.4 is 16.0 Å². The fourth-order valence-electron chi connectivity index (χ4n) is 1.95. The zero-order chi connectivity index (χ0) is 15.5. The predicted octanol–water partition coefficient (Wildman–Crippen LogP) is 2.91. The zero-order valence-corrected chi connectivity index (χ0v) is 13.2. The number of benzene rings is 1. The number of amides is 2. The summed E-state index contributed by atoms with van der Waals surface area (Å²) < 4.78 is 4.98. The fourth-order valence-corrected chi connectivity index (χ4v) is 1.95. The third kappa shape index (κ3) is 7.11. The van der Waals surface area contributed by atoms with Crippen LogP contribution in [0.2, 0.25) is 0 Å². The number of urea groups is 1. The SMILES string of the molecule is CNC(C)c1ccc(NC(=O)NCCCCCOC)cc1. The molecule has 0 aliphatic heterocycles. The number of methoxy groups -OCH3 is 1. The van der Waals surface area contributed by atoms with Crippen molar-refractivity contribution in [1.29, 1.82) is 0 Å². The number of hydrogen-bond donors (Lipinski definition) is 3. The highest BCUT2D eigenvalue weighted by molar-refractivity contribution is 5.89. The summed E-state index contributed by atoms with van der Waals surface area (Å²) in [6, 6.07) is 8.02. The van der Waals surface area contributed by atoms with Gasteiger partial charge in [0.05, 0.1) is 0 Å². The van der Waals surface area contributed by atoms with Gasteiger partial charge < -0.3 is 20.7 Å². The Morgan fingerprint density at radius 1 is 1.19 bits per heavy atom. The molecule has 0 bridgehead atoms. The van der Waals surface area contributed by atoms with E-state index in [0.717, 1.165) is 31.6 Å². The lowest BCUT2D eigenvalue weighted by atomic mass is 10.1. The van der Waals surface area contributed by atoms with Crippen LogP contribution in [0.4, 0.5) is 10.5 Å². The largest absolute Gasteiger partial charge is 0.385 e. The Morgan fingerprint density at radius 2 is 1.90 bits per heavy atom. The lowest BCUT2D eigenvalue weighted by molar-refractivity contribution is 0.192. The maximum atomic E-state index is 11.7. The maximum Gasteiger partial charge on any atom is 0.319 e. The number of rotatable bonds is 9. The third-order valence-corrected chi connectivity index (χ3v) is 3.41. The van der Waals surface area contributed by atoms with Gasteiger partial charge in [0.15, 0.2) is 0 Å². The highest BCUT2D eigenvalue weighted by Gasteiger charge is 2.04. The monoisotopic (exact) mass is 293 g/mol. The van der Waals surface area contributed by atoms with Gasteiger partial charge in [0, 0.05) is 32.0 Å². The number of anilines is 1. The maximum absolute atomic E-state index is 11.7. The van der Waals surface area contributed by atoms with Crippen molar-refractivity contribution in [3.63, 3.8) is 0 Å². The summed E-state index contributed by atoms with van der Waals surface area (Å²) in [4.78, 5) is 11.7. The van der Waals surface area contributed by atoms with E-state index in [1.54, 1.807) is 7.11 Å². The molecule has 0 heterocycles. The summed E-state index contributed by atoms with van der Waals surface area (Å²) in [5.74, 6) is 0. The first-order valence-electron chi connectivity index (χ1n) is 7.48. The van der Waals surface area contributed by atoms with Gasteiger partial charge in [0.25, 0.3) is 0 Å². The minimum absolute atomic E-state index is 0.156. The van der Waals surface area contributed by atoms with Crippen molar-refractivity contribution in [2.24, 2.45) is 0 Å². The molecule has 1 atom stereocenters. The fraction of sp³-hybridized carbons (Fsp3) is 0.562. The van der Waals surface area contributed by atoms with Crippen LogP contribution >= 0.6 is 0 Å². The van der Waals surface area contributed by atoms with Gasteiger partial charge in [-0.3, -0.25) is 0 Å². The summed E-state index contributed by atoms with van der Waals surface area (Å²) >= 11 is 0. The molecule has 1 aromatic carbocycles. The molecular formula is C16H27N3O2.